The molecule has 2 fully saturated rings. The van der Waals surface area contributed by atoms with E-state index in [0.717, 1.165) is 17.8 Å². The molecule has 4 heterocycles. The largest absolute Gasteiger partial charge is 0.339 e. The van der Waals surface area contributed by atoms with E-state index in [9.17, 15) is 9.59 Å². The third-order valence-corrected chi connectivity index (χ3v) is 6.93. The summed E-state index contributed by atoms with van der Waals surface area (Å²) in [4.78, 5) is 29.6. The normalized spacial score (nSPS) is 21.6. The molecule has 128 valence electrons. The number of amides is 2. The van der Waals surface area contributed by atoms with Gasteiger partial charge in [0, 0.05) is 48.0 Å². The fourth-order valence-electron chi connectivity index (χ4n) is 3.46. The Balaban J connectivity index is 1.32. The predicted octanol–water partition coefficient (Wildman–Crippen LogP) is 2.39. The summed E-state index contributed by atoms with van der Waals surface area (Å²) >= 11 is 3.24. The van der Waals surface area contributed by atoms with Crippen LogP contribution in [0.15, 0.2) is 17.5 Å². The molecule has 2 aliphatic heterocycles. The van der Waals surface area contributed by atoms with E-state index in [-0.39, 0.29) is 11.8 Å². The minimum absolute atomic E-state index is 0.105. The zero-order valence-corrected chi connectivity index (χ0v) is 15.1. The maximum atomic E-state index is 12.7. The number of nitrogens with zero attached hydrogens (tertiary/aromatic N) is 2. The number of carbonyl (C=O) groups excluding carboxylic acids is 2. The second-order valence-corrected chi connectivity index (χ2v) is 8.46. The van der Waals surface area contributed by atoms with Gasteiger partial charge in [-0.25, -0.2) is 0 Å². The van der Waals surface area contributed by atoms with Crippen LogP contribution < -0.4 is 5.32 Å². The lowest BCUT2D eigenvalue weighted by Crippen LogP contribution is -2.51. The van der Waals surface area contributed by atoms with E-state index >= 15 is 0 Å². The highest BCUT2D eigenvalue weighted by molar-refractivity contribution is 7.27. The van der Waals surface area contributed by atoms with Crippen molar-refractivity contribution >= 4 is 43.9 Å². The Kier molecular flexibility index (Phi) is 4.56. The molecule has 2 aliphatic rings. The highest BCUT2D eigenvalue weighted by Gasteiger charge is 2.27. The first-order chi connectivity index (χ1) is 11.7. The first-order valence-corrected chi connectivity index (χ1v) is 10.2. The van der Waals surface area contributed by atoms with Gasteiger partial charge in [0.15, 0.2) is 0 Å². The van der Waals surface area contributed by atoms with E-state index in [0.29, 0.717) is 38.6 Å². The molecule has 0 spiro atoms. The van der Waals surface area contributed by atoms with E-state index < -0.39 is 0 Å². The van der Waals surface area contributed by atoms with Gasteiger partial charge < -0.3 is 15.1 Å². The highest BCUT2D eigenvalue weighted by Crippen LogP contribution is 2.30. The first-order valence-electron chi connectivity index (χ1n) is 8.48. The number of hydrogen-bond donors (Lipinski definition) is 1. The van der Waals surface area contributed by atoms with Crippen molar-refractivity contribution in [2.75, 3.05) is 32.7 Å². The van der Waals surface area contributed by atoms with Crippen molar-refractivity contribution in [1.82, 2.24) is 15.1 Å². The highest BCUT2D eigenvalue weighted by atomic mass is 32.1. The second kappa shape index (κ2) is 6.82. The quantitative estimate of drug-likeness (QED) is 0.911. The van der Waals surface area contributed by atoms with Gasteiger partial charge in [0.1, 0.15) is 0 Å². The average Bonchev–Trinajstić information content (AvgIpc) is 3.31. The first kappa shape index (κ1) is 16.1. The fourth-order valence-corrected chi connectivity index (χ4v) is 5.53. The van der Waals surface area contributed by atoms with Crippen LogP contribution in [0.4, 0.5) is 0 Å². The molecule has 0 bridgehead atoms. The Labute approximate surface area is 149 Å². The van der Waals surface area contributed by atoms with Crippen molar-refractivity contribution in [3.8, 4) is 0 Å². The Morgan fingerprint density at radius 3 is 2.67 bits per heavy atom. The van der Waals surface area contributed by atoms with E-state index in [1.54, 1.807) is 22.7 Å². The summed E-state index contributed by atoms with van der Waals surface area (Å²) < 4.78 is 2.36. The van der Waals surface area contributed by atoms with Crippen LogP contribution in [0, 0.1) is 0 Å². The molecule has 0 aromatic carbocycles. The monoisotopic (exact) mass is 363 g/mol. The number of nitrogens with one attached hydrogen (secondary N) is 1. The Hall–Kier alpha value is -1.44. The Morgan fingerprint density at radius 2 is 1.96 bits per heavy atom. The SMILES string of the molecule is O=C(CC1CCCN1)N1CCN(C(=O)c2cc3sccc3s2)CC1. The molecule has 1 unspecified atom stereocenters. The average molecular weight is 364 g/mol. The van der Waals surface area contributed by atoms with Crippen LogP contribution in [0.3, 0.4) is 0 Å². The summed E-state index contributed by atoms with van der Waals surface area (Å²) in [6.07, 6.45) is 2.85. The summed E-state index contributed by atoms with van der Waals surface area (Å²) in [5, 5.41) is 5.43. The molecular weight excluding hydrogens is 342 g/mol. The van der Waals surface area contributed by atoms with Gasteiger partial charge in [-0.05, 0) is 36.9 Å². The van der Waals surface area contributed by atoms with E-state index in [1.807, 2.05) is 15.9 Å². The predicted molar refractivity (Wildman–Crippen MR) is 97.8 cm³/mol. The molecule has 2 aromatic heterocycles. The molecular formula is C17H21N3O2S2. The smallest absolute Gasteiger partial charge is 0.264 e. The molecule has 0 saturated carbocycles. The van der Waals surface area contributed by atoms with Crippen LogP contribution in [0.5, 0.6) is 0 Å². The number of rotatable bonds is 3. The van der Waals surface area contributed by atoms with Gasteiger partial charge >= 0.3 is 0 Å². The summed E-state index contributed by atoms with van der Waals surface area (Å²) in [6.45, 7) is 3.59. The van der Waals surface area contributed by atoms with Gasteiger partial charge in [0.05, 0.1) is 4.88 Å². The van der Waals surface area contributed by atoms with Crippen molar-refractivity contribution in [2.45, 2.75) is 25.3 Å². The van der Waals surface area contributed by atoms with Crippen molar-refractivity contribution in [2.24, 2.45) is 0 Å². The van der Waals surface area contributed by atoms with E-state index in [4.69, 9.17) is 0 Å². The standard InChI is InChI=1S/C17H21N3O2S2/c21-16(10-12-2-1-4-18-12)19-5-7-20(8-6-19)17(22)15-11-14-13(24-15)3-9-23-14/h3,9,11-12,18H,1-2,4-8,10H2. The van der Waals surface area contributed by atoms with Crippen molar-refractivity contribution in [3.05, 3.63) is 22.4 Å². The maximum Gasteiger partial charge on any atom is 0.264 e. The zero-order chi connectivity index (χ0) is 16.5. The summed E-state index contributed by atoms with van der Waals surface area (Å²) in [6, 6.07) is 4.40. The van der Waals surface area contributed by atoms with Crippen LogP contribution in [0.25, 0.3) is 9.40 Å². The lowest BCUT2D eigenvalue weighted by molar-refractivity contribution is -0.133. The van der Waals surface area contributed by atoms with Gasteiger partial charge in [0.2, 0.25) is 5.91 Å². The van der Waals surface area contributed by atoms with Gasteiger partial charge in [-0.3, -0.25) is 9.59 Å². The van der Waals surface area contributed by atoms with Crippen molar-refractivity contribution in [1.29, 1.82) is 0 Å². The van der Waals surface area contributed by atoms with Gasteiger partial charge in [-0.15, -0.1) is 22.7 Å². The molecule has 4 rings (SSSR count). The summed E-state index contributed by atoms with van der Waals surface area (Å²) in [5.74, 6) is 0.325. The third-order valence-electron chi connectivity index (χ3n) is 4.85. The minimum atomic E-state index is 0.105. The summed E-state index contributed by atoms with van der Waals surface area (Å²) in [5.41, 5.74) is 0. The fraction of sp³-hybridized carbons (Fsp3) is 0.529. The molecule has 1 atom stereocenters. The number of hydrogen-bond acceptors (Lipinski definition) is 5. The molecule has 2 saturated heterocycles. The van der Waals surface area contributed by atoms with Gasteiger partial charge in [0.25, 0.3) is 5.91 Å². The Bertz CT molecular complexity index is 711. The minimum Gasteiger partial charge on any atom is -0.339 e. The molecule has 5 nitrogen and oxygen atoms in total. The number of piperazine rings is 1. The van der Waals surface area contributed by atoms with Gasteiger partial charge in [-0.2, -0.15) is 0 Å². The van der Waals surface area contributed by atoms with Crippen LogP contribution in [-0.4, -0.2) is 60.4 Å². The maximum absolute atomic E-state index is 12.7. The second-order valence-electron chi connectivity index (χ2n) is 6.43. The van der Waals surface area contributed by atoms with Gasteiger partial charge in [-0.1, -0.05) is 0 Å². The third kappa shape index (κ3) is 3.20. The number of thiophene rings is 2. The van der Waals surface area contributed by atoms with Crippen LogP contribution in [-0.2, 0) is 4.79 Å². The van der Waals surface area contributed by atoms with E-state index in [1.165, 1.54) is 15.8 Å². The van der Waals surface area contributed by atoms with Crippen LogP contribution in [0.1, 0.15) is 28.9 Å². The van der Waals surface area contributed by atoms with Crippen LogP contribution in [0.2, 0.25) is 0 Å². The van der Waals surface area contributed by atoms with Crippen LogP contribution >= 0.6 is 22.7 Å². The molecule has 0 radical (unpaired) electrons. The lowest BCUT2D eigenvalue weighted by atomic mass is 10.1. The number of fused-ring (bicyclic) bond motifs is 1. The Morgan fingerprint density at radius 1 is 1.17 bits per heavy atom. The van der Waals surface area contributed by atoms with Crippen molar-refractivity contribution < 1.29 is 9.59 Å². The molecule has 2 amide bonds. The molecule has 1 N–H and O–H groups in total. The lowest BCUT2D eigenvalue weighted by Gasteiger charge is -2.35. The molecule has 24 heavy (non-hydrogen) atoms. The zero-order valence-electron chi connectivity index (χ0n) is 13.5. The topological polar surface area (TPSA) is 52.7 Å². The van der Waals surface area contributed by atoms with Crippen molar-refractivity contribution in [3.63, 3.8) is 0 Å². The summed E-state index contributed by atoms with van der Waals surface area (Å²) in [7, 11) is 0. The molecule has 0 aliphatic carbocycles. The number of carbonyl (C=O) groups is 2. The molecule has 7 heteroatoms. The van der Waals surface area contributed by atoms with E-state index in [2.05, 4.69) is 16.8 Å². The molecule has 2 aromatic rings.